The monoisotopic (exact) mass is 462 g/mol. The SMILES string of the molecule is CN(C)C1(c2ccccc2)CCC2(CC1)CN(c1ccc(F)c(C#N)c1)C(O)N2CC1CCC1. The molecule has 0 amide bonds. The molecule has 6 heteroatoms. The Morgan fingerprint density at radius 1 is 1.09 bits per heavy atom. The number of rotatable bonds is 5. The molecule has 0 radical (unpaired) electrons. The first-order valence-corrected chi connectivity index (χ1v) is 12.5. The van der Waals surface area contributed by atoms with Crippen LogP contribution in [0, 0.1) is 23.1 Å². The molecule has 2 saturated carbocycles. The van der Waals surface area contributed by atoms with E-state index in [-0.39, 0.29) is 16.6 Å². The number of halogens is 1. The summed E-state index contributed by atoms with van der Waals surface area (Å²) in [5, 5.41) is 20.9. The van der Waals surface area contributed by atoms with Gasteiger partial charge in [0.15, 0.2) is 6.35 Å². The third-order valence-corrected chi connectivity index (χ3v) is 8.89. The Morgan fingerprint density at radius 3 is 2.38 bits per heavy atom. The highest BCUT2D eigenvalue weighted by molar-refractivity contribution is 5.54. The number of benzene rings is 2. The van der Waals surface area contributed by atoms with Crippen LogP contribution >= 0.6 is 0 Å². The minimum absolute atomic E-state index is 0.0170. The van der Waals surface area contributed by atoms with E-state index in [0.29, 0.717) is 18.2 Å². The maximum absolute atomic E-state index is 14.0. The van der Waals surface area contributed by atoms with Gasteiger partial charge in [0.25, 0.3) is 0 Å². The Kier molecular flexibility index (Phi) is 6.14. The summed E-state index contributed by atoms with van der Waals surface area (Å²) in [6, 6.07) is 17.3. The van der Waals surface area contributed by atoms with Gasteiger partial charge in [0, 0.05) is 29.9 Å². The van der Waals surface area contributed by atoms with Crippen molar-refractivity contribution in [2.45, 2.75) is 62.4 Å². The second-order valence-corrected chi connectivity index (χ2v) is 10.7. The molecule has 1 spiro atoms. The molecular formula is C28H35FN4O. The van der Waals surface area contributed by atoms with Gasteiger partial charge in [-0.1, -0.05) is 36.8 Å². The number of nitrogens with zero attached hydrogens (tertiary/aromatic N) is 4. The summed E-state index contributed by atoms with van der Waals surface area (Å²) in [4.78, 5) is 6.68. The molecule has 2 aromatic rings. The Bertz CT molecular complexity index is 1050. The zero-order valence-electron chi connectivity index (χ0n) is 20.3. The van der Waals surface area contributed by atoms with Crippen molar-refractivity contribution in [3.63, 3.8) is 0 Å². The van der Waals surface area contributed by atoms with E-state index < -0.39 is 12.2 Å². The molecule has 1 aliphatic heterocycles. The molecule has 3 fully saturated rings. The molecule has 1 saturated heterocycles. The van der Waals surface area contributed by atoms with Gasteiger partial charge in [-0.3, -0.25) is 9.80 Å². The number of hydrogen-bond acceptors (Lipinski definition) is 5. The molecular weight excluding hydrogens is 427 g/mol. The molecule has 3 aliphatic rings. The molecule has 0 aromatic heterocycles. The van der Waals surface area contributed by atoms with Gasteiger partial charge in [-0.15, -0.1) is 0 Å². The zero-order valence-corrected chi connectivity index (χ0v) is 20.3. The van der Waals surface area contributed by atoms with Gasteiger partial charge in [0.1, 0.15) is 11.9 Å². The topological polar surface area (TPSA) is 53.7 Å². The smallest absolute Gasteiger partial charge is 0.187 e. The Hall–Kier alpha value is -2.46. The summed E-state index contributed by atoms with van der Waals surface area (Å²) in [5.74, 6) is 0.112. The fourth-order valence-corrected chi connectivity index (χ4v) is 6.46. The number of aliphatic hydroxyl groups is 1. The molecule has 1 unspecified atom stereocenters. The summed E-state index contributed by atoms with van der Waals surface area (Å²) < 4.78 is 14.0. The fourth-order valence-electron chi connectivity index (χ4n) is 6.46. The van der Waals surface area contributed by atoms with Gasteiger partial charge < -0.3 is 10.0 Å². The van der Waals surface area contributed by atoms with E-state index in [1.54, 1.807) is 12.1 Å². The maximum atomic E-state index is 14.0. The molecule has 180 valence electrons. The summed E-state index contributed by atoms with van der Waals surface area (Å²) in [6.45, 7) is 1.58. The van der Waals surface area contributed by atoms with Gasteiger partial charge in [-0.2, -0.15) is 5.26 Å². The van der Waals surface area contributed by atoms with E-state index in [4.69, 9.17) is 0 Å². The second kappa shape index (κ2) is 8.96. The lowest BCUT2D eigenvalue weighted by atomic mass is 9.68. The minimum Gasteiger partial charge on any atom is -0.361 e. The van der Waals surface area contributed by atoms with Crippen molar-refractivity contribution in [2.75, 3.05) is 32.1 Å². The normalized spacial score (nSPS) is 30.0. The lowest BCUT2D eigenvalue weighted by Gasteiger charge is -2.52. The maximum Gasteiger partial charge on any atom is 0.187 e. The first-order chi connectivity index (χ1) is 16.4. The third kappa shape index (κ3) is 3.80. The molecule has 0 bridgehead atoms. The average Bonchev–Trinajstić information content (AvgIpc) is 3.08. The predicted molar refractivity (Wildman–Crippen MR) is 132 cm³/mol. The largest absolute Gasteiger partial charge is 0.361 e. The van der Waals surface area contributed by atoms with Crippen LogP contribution in [0.5, 0.6) is 0 Å². The molecule has 34 heavy (non-hydrogen) atoms. The molecule has 2 aromatic carbocycles. The van der Waals surface area contributed by atoms with Crippen LogP contribution in [-0.4, -0.2) is 54.0 Å². The summed E-state index contributed by atoms with van der Waals surface area (Å²) in [5.41, 5.74) is 1.94. The highest BCUT2D eigenvalue weighted by atomic mass is 19.1. The second-order valence-electron chi connectivity index (χ2n) is 10.7. The van der Waals surface area contributed by atoms with Crippen molar-refractivity contribution in [3.8, 4) is 6.07 Å². The fraction of sp³-hybridized carbons (Fsp3) is 0.536. The van der Waals surface area contributed by atoms with Crippen LogP contribution in [0.2, 0.25) is 0 Å². The van der Waals surface area contributed by atoms with Gasteiger partial charge in [-0.05, 0) is 82.3 Å². The lowest BCUT2D eigenvalue weighted by molar-refractivity contribution is -0.0660. The minimum atomic E-state index is -0.763. The average molecular weight is 463 g/mol. The molecule has 5 rings (SSSR count). The van der Waals surface area contributed by atoms with Gasteiger partial charge in [0.2, 0.25) is 0 Å². The first kappa shape index (κ1) is 23.3. The van der Waals surface area contributed by atoms with Crippen molar-refractivity contribution >= 4 is 5.69 Å². The van der Waals surface area contributed by atoms with Crippen molar-refractivity contribution in [1.82, 2.24) is 9.80 Å². The summed E-state index contributed by atoms with van der Waals surface area (Å²) in [7, 11) is 4.35. The van der Waals surface area contributed by atoms with Crippen LogP contribution in [0.15, 0.2) is 48.5 Å². The van der Waals surface area contributed by atoms with Crippen LogP contribution < -0.4 is 4.90 Å². The molecule has 5 nitrogen and oxygen atoms in total. The molecule has 1 N–H and O–H groups in total. The van der Waals surface area contributed by atoms with Crippen LogP contribution in [0.3, 0.4) is 0 Å². The molecule has 1 heterocycles. The van der Waals surface area contributed by atoms with Crippen LogP contribution in [0.25, 0.3) is 0 Å². The van der Waals surface area contributed by atoms with Gasteiger partial charge >= 0.3 is 0 Å². The van der Waals surface area contributed by atoms with E-state index in [2.05, 4.69) is 54.2 Å². The Balaban J connectivity index is 1.46. The highest BCUT2D eigenvalue weighted by Crippen LogP contribution is 2.50. The van der Waals surface area contributed by atoms with Crippen molar-refractivity contribution in [1.29, 1.82) is 5.26 Å². The predicted octanol–water partition coefficient (Wildman–Crippen LogP) is 4.67. The Labute approximate surface area is 202 Å². The molecule has 2 aliphatic carbocycles. The standard InChI is InChI=1S/C28H35FN4O/c1-31(2)28(23-9-4-3-5-10-23)15-13-27(14-16-28)20-32(24-11-12-25(29)22(17-24)18-30)26(34)33(27)19-21-7-6-8-21/h3-5,9-12,17,21,26,34H,6-8,13-16,19-20H2,1-2H3. The van der Waals surface area contributed by atoms with Crippen LogP contribution in [-0.2, 0) is 5.54 Å². The van der Waals surface area contributed by atoms with E-state index in [1.807, 2.05) is 11.0 Å². The summed E-state index contributed by atoms with van der Waals surface area (Å²) in [6.07, 6.45) is 6.93. The number of hydrogen-bond donors (Lipinski definition) is 1. The number of nitriles is 1. The third-order valence-electron chi connectivity index (χ3n) is 8.89. The van der Waals surface area contributed by atoms with E-state index in [1.165, 1.54) is 30.9 Å². The highest BCUT2D eigenvalue weighted by Gasteiger charge is 2.55. The van der Waals surface area contributed by atoms with Crippen LogP contribution in [0.4, 0.5) is 10.1 Å². The Morgan fingerprint density at radius 2 is 1.79 bits per heavy atom. The van der Waals surface area contributed by atoms with Crippen molar-refractivity contribution in [3.05, 3.63) is 65.5 Å². The van der Waals surface area contributed by atoms with Gasteiger partial charge in [-0.25, -0.2) is 4.39 Å². The van der Waals surface area contributed by atoms with E-state index >= 15 is 0 Å². The van der Waals surface area contributed by atoms with Crippen molar-refractivity contribution < 1.29 is 9.50 Å². The van der Waals surface area contributed by atoms with Gasteiger partial charge in [0.05, 0.1) is 5.56 Å². The first-order valence-electron chi connectivity index (χ1n) is 12.5. The zero-order chi connectivity index (χ0) is 23.9. The lowest BCUT2D eigenvalue weighted by Crippen LogP contribution is -2.57. The number of anilines is 1. The quantitative estimate of drug-likeness (QED) is 0.700. The van der Waals surface area contributed by atoms with E-state index in [9.17, 15) is 14.8 Å². The van der Waals surface area contributed by atoms with Crippen molar-refractivity contribution in [2.24, 2.45) is 5.92 Å². The molecule has 1 atom stereocenters. The van der Waals surface area contributed by atoms with E-state index in [0.717, 1.165) is 32.2 Å². The number of aliphatic hydroxyl groups excluding tert-OH is 1. The van der Waals surface area contributed by atoms with Crippen LogP contribution in [0.1, 0.15) is 56.1 Å². The summed E-state index contributed by atoms with van der Waals surface area (Å²) >= 11 is 0.